The lowest BCUT2D eigenvalue weighted by molar-refractivity contribution is 0.191. The lowest BCUT2D eigenvalue weighted by Gasteiger charge is -2.13. The molecule has 0 unspecified atom stereocenters. The van der Waals surface area contributed by atoms with Gasteiger partial charge in [-0.1, -0.05) is 24.3 Å². The number of anilines is 2. The maximum atomic E-state index is 10.3. The van der Waals surface area contributed by atoms with Crippen LogP contribution in [-0.2, 0) is 0 Å². The number of hydrogen-bond donors (Lipinski definition) is 3. The normalized spacial score (nSPS) is 12.1. The van der Waals surface area contributed by atoms with E-state index in [0.29, 0.717) is 17.5 Å². The monoisotopic (exact) mass is 310 g/mol. The molecule has 6 heteroatoms. The van der Waals surface area contributed by atoms with Crippen LogP contribution < -0.4 is 15.8 Å². The minimum absolute atomic E-state index is 0.269. The van der Waals surface area contributed by atoms with Gasteiger partial charge in [0.2, 0.25) is 5.95 Å². The molecule has 6 nitrogen and oxygen atoms in total. The molecule has 0 bridgehead atoms. The molecule has 0 saturated heterocycles. The van der Waals surface area contributed by atoms with Crippen LogP contribution in [0, 0.1) is 0 Å². The van der Waals surface area contributed by atoms with E-state index < -0.39 is 6.10 Å². The van der Waals surface area contributed by atoms with Crippen LogP contribution in [-0.4, -0.2) is 28.7 Å². The Morgan fingerprint density at radius 3 is 2.83 bits per heavy atom. The van der Waals surface area contributed by atoms with Crippen LogP contribution in [0.4, 0.5) is 11.8 Å². The second-order valence-corrected chi connectivity index (χ2v) is 5.12. The molecule has 1 atom stereocenters. The second-order valence-electron chi connectivity index (χ2n) is 5.12. The van der Waals surface area contributed by atoms with Crippen LogP contribution in [0.1, 0.15) is 11.7 Å². The Morgan fingerprint density at radius 1 is 1.17 bits per heavy atom. The van der Waals surface area contributed by atoms with Gasteiger partial charge in [0.1, 0.15) is 11.6 Å². The first kappa shape index (κ1) is 15.1. The van der Waals surface area contributed by atoms with E-state index in [1.165, 1.54) is 0 Å². The van der Waals surface area contributed by atoms with Crippen LogP contribution in [0.15, 0.2) is 48.5 Å². The van der Waals surface area contributed by atoms with Crippen molar-refractivity contribution < 1.29 is 9.84 Å². The summed E-state index contributed by atoms with van der Waals surface area (Å²) in [6, 6.07) is 14.8. The van der Waals surface area contributed by atoms with Crippen molar-refractivity contribution in [2.45, 2.75) is 6.10 Å². The molecule has 0 radical (unpaired) electrons. The van der Waals surface area contributed by atoms with Crippen LogP contribution in [0.25, 0.3) is 10.9 Å². The summed E-state index contributed by atoms with van der Waals surface area (Å²) < 4.78 is 5.16. The van der Waals surface area contributed by atoms with Crippen molar-refractivity contribution in [1.29, 1.82) is 0 Å². The van der Waals surface area contributed by atoms with Gasteiger partial charge in [0.15, 0.2) is 0 Å². The molecule has 0 aliphatic carbocycles. The first-order valence-corrected chi connectivity index (χ1v) is 7.25. The summed E-state index contributed by atoms with van der Waals surface area (Å²) in [5.74, 6) is 1.50. The van der Waals surface area contributed by atoms with Gasteiger partial charge in [-0.3, -0.25) is 0 Å². The molecule has 4 N–H and O–H groups in total. The predicted octanol–water partition coefficient (Wildman–Crippen LogP) is 2.37. The average Bonchev–Trinajstić information content (AvgIpc) is 2.60. The minimum atomic E-state index is -0.707. The van der Waals surface area contributed by atoms with Crippen molar-refractivity contribution in [1.82, 2.24) is 9.97 Å². The van der Waals surface area contributed by atoms with Crippen molar-refractivity contribution in [2.24, 2.45) is 0 Å². The highest BCUT2D eigenvalue weighted by Gasteiger charge is 2.10. The Labute approximate surface area is 134 Å². The van der Waals surface area contributed by atoms with Gasteiger partial charge in [0, 0.05) is 11.9 Å². The van der Waals surface area contributed by atoms with Gasteiger partial charge in [-0.15, -0.1) is 0 Å². The highest BCUT2D eigenvalue weighted by molar-refractivity contribution is 5.88. The van der Waals surface area contributed by atoms with Crippen molar-refractivity contribution in [3.8, 4) is 5.75 Å². The van der Waals surface area contributed by atoms with E-state index in [1.807, 2.05) is 42.5 Å². The number of rotatable bonds is 5. The fraction of sp³-hybridized carbons (Fsp3) is 0.176. The first-order chi connectivity index (χ1) is 11.2. The average molecular weight is 310 g/mol. The van der Waals surface area contributed by atoms with Gasteiger partial charge in [0.05, 0.1) is 18.7 Å². The number of methoxy groups -OCH3 is 1. The van der Waals surface area contributed by atoms with Crippen molar-refractivity contribution in [3.63, 3.8) is 0 Å². The van der Waals surface area contributed by atoms with Gasteiger partial charge >= 0.3 is 0 Å². The Hall–Kier alpha value is -2.86. The van der Waals surface area contributed by atoms with Crippen LogP contribution in [0.3, 0.4) is 0 Å². The Morgan fingerprint density at radius 2 is 2.00 bits per heavy atom. The maximum absolute atomic E-state index is 10.3. The summed E-state index contributed by atoms with van der Waals surface area (Å²) in [6.07, 6.45) is -0.707. The highest BCUT2D eigenvalue weighted by atomic mass is 16.5. The van der Waals surface area contributed by atoms with Gasteiger partial charge in [-0.2, -0.15) is 4.98 Å². The number of fused-ring (bicyclic) bond motifs is 1. The number of benzene rings is 2. The molecule has 3 aromatic rings. The number of para-hydroxylation sites is 1. The topological polar surface area (TPSA) is 93.3 Å². The van der Waals surface area contributed by atoms with E-state index in [0.717, 1.165) is 16.5 Å². The number of nitrogens with two attached hydrogens (primary N) is 1. The molecule has 2 aromatic carbocycles. The smallest absolute Gasteiger partial charge is 0.225 e. The number of hydrogen-bond acceptors (Lipinski definition) is 6. The van der Waals surface area contributed by atoms with E-state index >= 15 is 0 Å². The predicted molar refractivity (Wildman–Crippen MR) is 90.4 cm³/mol. The van der Waals surface area contributed by atoms with Gasteiger partial charge in [-0.05, 0) is 29.8 Å². The third kappa shape index (κ3) is 3.32. The summed E-state index contributed by atoms with van der Waals surface area (Å²) >= 11 is 0. The molecular weight excluding hydrogens is 292 g/mol. The van der Waals surface area contributed by atoms with Crippen molar-refractivity contribution >= 4 is 22.7 Å². The number of aliphatic hydroxyl groups excluding tert-OH is 1. The Bertz CT molecular complexity index is 823. The second kappa shape index (κ2) is 6.50. The zero-order valence-electron chi connectivity index (χ0n) is 12.7. The summed E-state index contributed by atoms with van der Waals surface area (Å²) in [6.45, 7) is 0.269. The Balaban J connectivity index is 1.74. The SMILES string of the molecule is COc1cccc([C@H](O)CNc2nc(N)c3ccccc3n2)c1. The molecule has 0 amide bonds. The van der Waals surface area contributed by atoms with Crippen LogP contribution in [0.5, 0.6) is 5.75 Å². The van der Waals surface area contributed by atoms with E-state index in [1.54, 1.807) is 13.2 Å². The lowest BCUT2D eigenvalue weighted by atomic mass is 10.1. The summed E-state index contributed by atoms with van der Waals surface area (Å²) in [5, 5.41) is 14.1. The standard InChI is InChI=1S/C17H18N4O2/c1-23-12-6-4-5-11(9-12)15(22)10-19-17-20-14-8-3-2-7-13(14)16(18)21-17/h2-9,15,22H,10H2,1H3,(H3,18,19,20,21)/t15-/m1/s1. The molecule has 23 heavy (non-hydrogen) atoms. The van der Waals surface area contributed by atoms with Gasteiger partial charge < -0.3 is 20.9 Å². The molecule has 1 heterocycles. The molecular formula is C17H18N4O2. The molecule has 118 valence electrons. The number of nitrogens with one attached hydrogen (secondary N) is 1. The van der Waals surface area contributed by atoms with E-state index in [9.17, 15) is 5.11 Å². The molecule has 1 aromatic heterocycles. The maximum Gasteiger partial charge on any atom is 0.225 e. The minimum Gasteiger partial charge on any atom is -0.497 e. The zero-order valence-corrected chi connectivity index (χ0v) is 12.7. The van der Waals surface area contributed by atoms with Gasteiger partial charge in [-0.25, -0.2) is 4.98 Å². The molecule has 0 saturated carbocycles. The van der Waals surface area contributed by atoms with E-state index in [2.05, 4.69) is 15.3 Å². The number of ether oxygens (including phenoxy) is 1. The quantitative estimate of drug-likeness (QED) is 0.670. The lowest BCUT2D eigenvalue weighted by Crippen LogP contribution is -2.14. The fourth-order valence-corrected chi connectivity index (χ4v) is 2.33. The molecule has 3 rings (SSSR count). The summed E-state index contributed by atoms with van der Waals surface area (Å²) in [5.41, 5.74) is 7.46. The molecule has 0 spiro atoms. The Kier molecular flexibility index (Phi) is 4.25. The summed E-state index contributed by atoms with van der Waals surface area (Å²) in [7, 11) is 1.59. The largest absolute Gasteiger partial charge is 0.497 e. The molecule has 0 aliphatic rings. The third-order valence-corrected chi connectivity index (χ3v) is 3.56. The third-order valence-electron chi connectivity index (χ3n) is 3.56. The van der Waals surface area contributed by atoms with Crippen molar-refractivity contribution in [3.05, 3.63) is 54.1 Å². The number of aromatic nitrogens is 2. The number of nitrogen functional groups attached to an aromatic ring is 1. The highest BCUT2D eigenvalue weighted by Crippen LogP contribution is 2.21. The number of aliphatic hydroxyl groups is 1. The number of nitrogens with zero attached hydrogens (tertiary/aromatic N) is 2. The van der Waals surface area contributed by atoms with Crippen LogP contribution in [0.2, 0.25) is 0 Å². The van der Waals surface area contributed by atoms with Gasteiger partial charge in [0.25, 0.3) is 0 Å². The summed E-state index contributed by atoms with van der Waals surface area (Å²) in [4.78, 5) is 8.62. The van der Waals surface area contributed by atoms with Crippen LogP contribution >= 0.6 is 0 Å². The van der Waals surface area contributed by atoms with E-state index in [-0.39, 0.29) is 6.54 Å². The molecule has 0 fully saturated rings. The zero-order chi connectivity index (χ0) is 16.2. The fourth-order valence-electron chi connectivity index (χ4n) is 2.33. The molecule has 0 aliphatic heterocycles. The van der Waals surface area contributed by atoms with E-state index in [4.69, 9.17) is 10.5 Å². The van der Waals surface area contributed by atoms with Crippen molar-refractivity contribution in [2.75, 3.05) is 24.7 Å². The first-order valence-electron chi connectivity index (χ1n) is 7.25.